The van der Waals surface area contributed by atoms with Crippen molar-refractivity contribution >= 4 is 23.3 Å². The van der Waals surface area contributed by atoms with E-state index in [-0.39, 0.29) is 6.03 Å². The molecule has 2 amide bonds. The lowest BCUT2D eigenvalue weighted by Crippen LogP contribution is -2.42. The number of amides is 2. The molecule has 0 aliphatic heterocycles. The molecule has 17 heavy (non-hydrogen) atoms. The second-order valence-electron chi connectivity index (χ2n) is 3.73. The number of hydrogen-bond acceptors (Lipinski definition) is 2. The highest BCUT2D eigenvalue weighted by Gasteiger charge is 2.19. The lowest BCUT2D eigenvalue weighted by atomic mass is 10.3. The van der Waals surface area contributed by atoms with Gasteiger partial charge in [-0.05, 0) is 31.2 Å². The Morgan fingerprint density at radius 3 is 2.35 bits per heavy atom. The highest BCUT2D eigenvalue weighted by atomic mass is 35.5. The zero-order valence-corrected chi connectivity index (χ0v) is 10.8. The Morgan fingerprint density at radius 1 is 1.35 bits per heavy atom. The minimum atomic E-state index is -0.461. The first-order chi connectivity index (χ1) is 7.97. The molecular formula is C12H14ClN3O. The fraction of sp³-hybridized carbons (Fsp3) is 0.333. The molecule has 1 aromatic rings. The van der Waals surface area contributed by atoms with Crippen LogP contribution in [0.15, 0.2) is 24.3 Å². The van der Waals surface area contributed by atoms with Crippen LogP contribution in [0.2, 0.25) is 5.02 Å². The van der Waals surface area contributed by atoms with Gasteiger partial charge in [0.25, 0.3) is 0 Å². The Hall–Kier alpha value is -1.73. The third kappa shape index (κ3) is 3.11. The first kappa shape index (κ1) is 13.3. The van der Waals surface area contributed by atoms with Gasteiger partial charge >= 0.3 is 6.03 Å². The molecule has 0 aromatic heterocycles. The molecule has 0 radical (unpaired) electrons. The predicted octanol–water partition coefficient (Wildman–Crippen LogP) is 2.74. The predicted molar refractivity (Wildman–Crippen MR) is 68.1 cm³/mol. The van der Waals surface area contributed by atoms with Crippen LogP contribution in [-0.4, -0.2) is 31.1 Å². The van der Waals surface area contributed by atoms with Crippen LogP contribution in [0.5, 0.6) is 0 Å². The number of halogens is 1. The van der Waals surface area contributed by atoms with Crippen molar-refractivity contribution in [3.05, 3.63) is 29.3 Å². The average molecular weight is 252 g/mol. The highest BCUT2D eigenvalue weighted by Crippen LogP contribution is 2.18. The molecule has 1 rings (SSSR count). The fourth-order valence-corrected chi connectivity index (χ4v) is 1.39. The summed E-state index contributed by atoms with van der Waals surface area (Å²) in [6.45, 7) is 1.67. The largest absolute Gasteiger partial charge is 0.325 e. The molecule has 0 unspecified atom stereocenters. The number of nitriles is 1. The molecular weight excluding hydrogens is 238 g/mol. The third-order valence-corrected chi connectivity index (χ3v) is 2.82. The lowest BCUT2D eigenvalue weighted by Gasteiger charge is -2.26. The van der Waals surface area contributed by atoms with Crippen LogP contribution in [0, 0.1) is 11.3 Å². The van der Waals surface area contributed by atoms with Crippen LogP contribution < -0.4 is 4.90 Å². The zero-order valence-electron chi connectivity index (χ0n) is 10.0. The van der Waals surface area contributed by atoms with Gasteiger partial charge in [-0.25, -0.2) is 4.79 Å². The van der Waals surface area contributed by atoms with E-state index in [1.165, 1.54) is 9.80 Å². The van der Waals surface area contributed by atoms with E-state index in [9.17, 15) is 4.79 Å². The van der Waals surface area contributed by atoms with Crippen molar-refractivity contribution in [2.24, 2.45) is 0 Å². The molecule has 90 valence electrons. The van der Waals surface area contributed by atoms with Crippen LogP contribution >= 0.6 is 11.6 Å². The van der Waals surface area contributed by atoms with Gasteiger partial charge in [-0.2, -0.15) is 5.26 Å². The van der Waals surface area contributed by atoms with Crippen molar-refractivity contribution in [2.45, 2.75) is 13.0 Å². The van der Waals surface area contributed by atoms with Gasteiger partial charge in [-0.3, -0.25) is 4.90 Å². The van der Waals surface area contributed by atoms with Crippen LogP contribution in [0.25, 0.3) is 0 Å². The maximum Gasteiger partial charge on any atom is 0.325 e. The Bertz CT molecular complexity index is 438. The number of nitrogens with zero attached hydrogens (tertiary/aromatic N) is 3. The number of anilines is 1. The summed E-state index contributed by atoms with van der Waals surface area (Å²) in [6.07, 6.45) is 0. The van der Waals surface area contributed by atoms with Crippen molar-refractivity contribution in [3.8, 4) is 6.07 Å². The van der Waals surface area contributed by atoms with E-state index in [1.807, 2.05) is 6.07 Å². The molecule has 1 aromatic carbocycles. The van der Waals surface area contributed by atoms with E-state index in [2.05, 4.69) is 0 Å². The average Bonchev–Trinajstić information content (AvgIpc) is 2.36. The Labute approximate surface area is 106 Å². The van der Waals surface area contributed by atoms with Gasteiger partial charge in [0, 0.05) is 24.8 Å². The van der Waals surface area contributed by atoms with Crippen LogP contribution in [-0.2, 0) is 0 Å². The zero-order chi connectivity index (χ0) is 13.0. The maximum atomic E-state index is 12.0. The molecule has 0 N–H and O–H groups in total. The highest BCUT2D eigenvalue weighted by molar-refractivity contribution is 6.30. The molecule has 0 saturated carbocycles. The van der Waals surface area contributed by atoms with Crippen molar-refractivity contribution < 1.29 is 4.79 Å². The second-order valence-corrected chi connectivity index (χ2v) is 4.17. The molecule has 4 nitrogen and oxygen atoms in total. The first-order valence-electron chi connectivity index (χ1n) is 5.13. The quantitative estimate of drug-likeness (QED) is 0.811. The monoisotopic (exact) mass is 251 g/mol. The topological polar surface area (TPSA) is 47.3 Å². The molecule has 0 fully saturated rings. The van der Waals surface area contributed by atoms with Crippen LogP contribution in [0.3, 0.4) is 0 Å². The maximum absolute atomic E-state index is 12.0. The lowest BCUT2D eigenvalue weighted by molar-refractivity contribution is 0.211. The summed E-state index contributed by atoms with van der Waals surface area (Å²) in [5, 5.41) is 9.38. The minimum Gasteiger partial charge on any atom is -0.312 e. The number of carbonyl (C=O) groups excluding carboxylic acids is 1. The summed E-state index contributed by atoms with van der Waals surface area (Å²) in [6, 6.07) is 8.27. The summed E-state index contributed by atoms with van der Waals surface area (Å²) in [5.74, 6) is 0. The number of carbonyl (C=O) groups is 1. The fourth-order valence-electron chi connectivity index (χ4n) is 1.26. The summed E-state index contributed by atoms with van der Waals surface area (Å²) in [7, 11) is 3.26. The number of rotatable bonds is 2. The molecule has 0 aliphatic rings. The van der Waals surface area contributed by atoms with Crippen molar-refractivity contribution in [2.75, 3.05) is 19.0 Å². The van der Waals surface area contributed by atoms with E-state index in [4.69, 9.17) is 16.9 Å². The van der Waals surface area contributed by atoms with Crippen molar-refractivity contribution in [1.82, 2.24) is 4.90 Å². The van der Waals surface area contributed by atoms with Gasteiger partial charge in [0.15, 0.2) is 0 Å². The van der Waals surface area contributed by atoms with Crippen LogP contribution in [0.1, 0.15) is 6.92 Å². The van der Waals surface area contributed by atoms with E-state index in [0.717, 1.165) is 5.69 Å². The Morgan fingerprint density at radius 2 is 1.88 bits per heavy atom. The molecule has 1 atom stereocenters. The van der Waals surface area contributed by atoms with Crippen molar-refractivity contribution in [1.29, 1.82) is 5.26 Å². The summed E-state index contributed by atoms with van der Waals surface area (Å²) < 4.78 is 0. The number of hydrogen-bond donors (Lipinski definition) is 0. The van der Waals surface area contributed by atoms with Gasteiger partial charge < -0.3 is 4.90 Å². The number of urea groups is 1. The standard InChI is InChI=1S/C12H14ClN3O/c1-9(8-14)15(2)12(17)16(3)11-6-4-10(13)5-7-11/h4-7,9H,1-3H3/t9-/m1/s1. The molecule has 5 heteroatoms. The van der Waals surface area contributed by atoms with Gasteiger partial charge in [0.05, 0.1) is 6.07 Å². The number of benzene rings is 1. The SMILES string of the molecule is C[C@H](C#N)N(C)C(=O)N(C)c1ccc(Cl)cc1. The minimum absolute atomic E-state index is 0.235. The first-order valence-corrected chi connectivity index (χ1v) is 5.51. The van der Waals surface area contributed by atoms with E-state index in [0.29, 0.717) is 5.02 Å². The molecule has 0 spiro atoms. The summed E-state index contributed by atoms with van der Waals surface area (Å²) >= 11 is 5.77. The third-order valence-electron chi connectivity index (χ3n) is 2.57. The van der Waals surface area contributed by atoms with Gasteiger partial charge in [-0.15, -0.1) is 0 Å². The second kappa shape index (κ2) is 5.55. The van der Waals surface area contributed by atoms with Crippen molar-refractivity contribution in [3.63, 3.8) is 0 Å². The molecule has 0 saturated heterocycles. The molecule has 0 heterocycles. The van der Waals surface area contributed by atoms with Gasteiger partial charge in [0.2, 0.25) is 0 Å². The Kier molecular flexibility index (Phi) is 4.36. The van der Waals surface area contributed by atoms with E-state index < -0.39 is 6.04 Å². The van der Waals surface area contributed by atoms with E-state index >= 15 is 0 Å². The van der Waals surface area contributed by atoms with Crippen LogP contribution in [0.4, 0.5) is 10.5 Å². The summed E-state index contributed by atoms with van der Waals surface area (Å²) in [5.41, 5.74) is 0.733. The van der Waals surface area contributed by atoms with Gasteiger partial charge in [-0.1, -0.05) is 11.6 Å². The Balaban J connectivity index is 2.83. The molecule has 0 bridgehead atoms. The normalized spacial score (nSPS) is 11.5. The molecule has 0 aliphatic carbocycles. The van der Waals surface area contributed by atoms with E-state index in [1.54, 1.807) is 45.3 Å². The smallest absolute Gasteiger partial charge is 0.312 e. The summed E-state index contributed by atoms with van der Waals surface area (Å²) in [4.78, 5) is 14.9. The van der Waals surface area contributed by atoms with Gasteiger partial charge in [0.1, 0.15) is 6.04 Å².